The minimum Gasteiger partial charge on any atom is -0.351 e. The lowest BCUT2D eigenvalue weighted by Gasteiger charge is -2.39. The summed E-state index contributed by atoms with van der Waals surface area (Å²) in [6, 6.07) is 4.69. The van der Waals surface area contributed by atoms with Crippen LogP contribution in [0.2, 0.25) is 0 Å². The van der Waals surface area contributed by atoms with Crippen LogP contribution in [0.1, 0.15) is 24.3 Å². The highest BCUT2D eigenvalue weighted by Gasteiger charge is 2.28. The number of nitrogens with one attached hydrogen (secondary N) is 1. The molecule has 0 aliphatic carbocycles. The Balaban J connectivity index is 1.65. The van der Waals surface area contributed by atoms with Crippen molar-refractivity contribution in [1.82, 2.24) is 19.8 Å². The summed E-state index contributed by atoms with van der Waals surface area (Å²) in [5, 5.41) is 5.59. The zero-order chi connectivity index (χ0) is 15.4. The molecule has 22 heavy (non-hydrogen) atoms. The summed E-state index contributed by atoms with van der Waals surface area (Å²) in [4.78, 5) is 12.3. The number of rotatable bonds is 3. The van der Waals surface area contributed by atoms with Gasteiger partial charge in [0.1, 0.15) is 0 Å². The lowest BCUT2D eigenvalue weighted by molar-refractivity contribution is 0.189. The molecule has 2 aromatic heterocycles. The van der Waals surface area contributed by atoms with Gasteiger partial charge in [0.05, 0.1) is 18.9 Å². The van der Waals surface area contributed by atoms with Crippen LogP contribution in [0.15, 0.2) is 41.2 Å². The van der Waals surface area contributed by atoms with Crippen molar-refractivity contribution in [2.24, 2.45) is 10.9 Å². The normalized spacial score (nSPS) is 22.8. The molecule has 0 bridgehead atoms. The quantitative estimate of drug-likeness (QED) is 0.699. The Labute approximate surface area is 135 Å². The van der Waals surface area contributed by atoms with Crippen molar-refractivity contribution in [3.05, 3.63) is 41.1 Å². The van der Waals surface area contributed by atoms with E-state index in [2.05, 4.69) is 55.4 Å². The van der Waals surface area contributed by atoms with Crippen molar-refractivity contribution in [3.8, 4) is 0 Å². The molecule has 1 aliphatic rings. The number of hydrogen-bond acceptors (Lipinski definition) is 3. The summed E-state index contributed by atoms with van der Waals surface area (Å²) in [5.41, 5.74) is 0. The largest absolute Gasteiger partial charge is 0.351 e. The molecule has 0 spiro atoms. The van der Waals surface area contributed by atoms with E-state index < -0.39 is 0 Å². The van der Waals surface area contributed by atoms with Gasteiger partial charge in [-0.05, 0) is 23.8 Å². The maximum atomic E-state index is 4.46. The molecule has 0 radical (unpaired) electrons. The van der Waals surface area contributed by atoms with Gasteiger partial charge in [-0.3, -0.25) is 4.99 Å². The van der Waals surface area contributed by atoms with E-state index in [9.17, 15) is 0 Å². The Kier molecular flexibility index (Phi) is 4.77. The number of thiophene rings is 1. The number of hydrogen-bond donors (Lipinski definition) is 1. The van der Waals surface area contributed by atoms with Gasteiger partial charge in [-0.2, -0.15) is 0 Å². The summed E-state index contributed by atoms with van der Waals surface area (Å²) in [5.74, 6) is 1.64. The van der Waals surface area contributed by atoms with Crippen molar-refractivity contribution >= 4 is 17.3 Å². The first kappa shape index (κ1) is 15.1. The molecule has 1 N–H and O–H groups in total. The van der Waals surface area contributed by atoms with Crippen LogP contribution < -0.4 is 5.32 Å². The monoisotopic (exact) mass is 317 g/mol. The molecule has 118 valence electrons. The van der Waals surface area contributed by atoms with E-state index in [1.807, 2.05) is 19.6 Å². The SMILES string of the molecule is CN=C(NCc1cccs1)N1CCC(C)C(n2ccnc2)C1. The minimum atomic E-state index is 0.455. The molecule has 2 aromatic rings. The standard InChI is InChI=1S/C16H23N5S/c1-13-5-7-20(11-15(13)21-8-6-18-12-21)16(17-2)19-10-14-4-3-9-22-14/h3-4,6,8-9,12-13,15H,5,7,10-11H2,1-2H3,(H,17,19). The molecule has 5 nitrogen and oxygen atoms in total. The summed E-state index contributed by atoms with van der Waals surface area (Å²) in [6.07, 6.45) is 7.01. The molecule has 0 aromatic carbocycles. The van der Waals surface area contributed by atoms with Crippen molar-refractivity contribution < 1.29 is 0 Å². The first-order chi connectivity index (χ1) is 10.8. The van der Waals surface area contributed by atoms with E-state index in [4.69, 9.17) is 0 Å². The topological polar surface area (TPSA) is 45.5 Å². The number of nitrogens with zero attached hydrogens (tertiary/aromatic N) is 4. The van der Waals surface area contributed by atoms with Crippen LogP contribution in [0.4, 0.5) is 0 Å². The third kappa shape index (κ3) is 3.32. The number of aliphatic imine (C=N–C) groups is 1. The molecule has 1 fully saturated rings. The average molecular weight is 317 g/mol. The predicted octanol–water partition coefficient (Wildman–Crippen LogP) is 2.60. The smallest absolute Gasteiger partial charge is 0.194 e. The van der Waals surface area contributed by atoms with Crippen LogP contribution in [0.5, 0.6) is 0 Å². The molecule has 3 heterocycles. The van der Waals surface area contributed by atoms with Crippen LogP contribution >= 0.6 is 11.3 Å². The summed E-state index contributed by atoms with van der Waals surface area (Å²) in [7, 11) is 1.86. The molecule has 6 heteroatoms. The summed E-state index contributed by atoms with van der Waals surface area (Å²) < 4.78 is 2.23. The maximum Gasteiger partial charge on any atom is 0.194 e. The van der Waals surface area contributed by atoms with E-state index in [1.165, 1.54) is 11.3 Å². The van der Waals surface area contributed by atoms with Gasteiger partial charge in [-0.1, -0.05) is 13.0 Å². The van der Waals surface area contributed by atoms with E-state index >= 15 is 0 Å². The second-order valence-electron chi connectivity index (χ2n) is 5.77. The molecule has 2 unspecified atom stereocenters. The van der Waals surface area contributed by atoms with Gasteiger partial charge in [-0.15, -0.1) is 11.3 Å². The van der Waals surface area contributed by atoms with Gasteiger partial charge in [-0.25, -0.2) is 4.98 Å². The second kappa shape index (κ2) is 6.96. The summed E-state index contributed by atoms with van der Waals surface area (Å²) >= 11 is 1.77. The molecule has 1 aliphatic heterocycles. The molecular formula is C16H23N5S. The molecule has 3 rings (SSSR count). The Hall–Kier alpha value is -1.82. The van der Waals surface area contributed by atoms with Crippen LogP contribution in [-0.2, 0) is 6.54 Å². The van der Waals surface area contributed by atoms with E-state index in [0.717, 1.165) is 25.6 Å². The van der Waals surface area contributed by atoms with Crippen LogP contribution in [-0.4, -0.2) is 40.5 Å². The van der Waals surface area contributed by atoms with Gasteiger partial charge >= 0.3 is 0 Å². The third-order valence-corrected chi connectivity index (χ3v) is 5.22. The first-order valence-electron chi connectivity index (χ1n) is 7.73. The molecule has 0 amide bonds. The maximum absolute atomic E-state index is 4.46. The average Bonchev–Trinajstić information content (AvgIpc) is 3.22. The Morgan fingerprint density at radius 3 is 3.14 bits per heavy atom. The van der Waals surface area contributed by atoms with Crippen LogP contribution in [0, 0.1) is 5.92 Å². The van der Waals surface area contributed by atoms with Crippen molar-refractivity contribution in [1.29, 1.82) is 0 Å². The second-order valence-corrected chi connectivity index (χ2v) is 6.80. The number of likely N-dealkylation sites (tertiary alicyclic amines) is 1. The number of imidazole rings is 1. The highest BCUT2D eigenvalue weighted by molar-refractivity contribution is 7.09. The fraction of sp³-hybridized carbons (Fsp3) is 0.500. The van der Waals surface area contributed by atoms with Crippen LogP contribution in [0.3, 0.4) is 0 Å². The Bertz CT molecular complexity index is 590. The van der Waals surface area contributed by atoms with Gasteiger partial charge < -0.3 is 14.8 Å². The van der Waals surface area contributed by atoms with Gasteiger partial charge in [0.25, 0.3) is 0 Å². The van der Waals surface area contributed by atoms with Crippen LogP contribution in [0.25, 0.3) is 0 Å². The van der Waals surface area contributed by atoms with Gasteiger partial charge in [0.2, 0.25) is 0 Å². The van der Waals surface area contributed by atoms with E-state index in [1.54, 1.807) is 11.3 Å². The third-order valence-electron chi connectivity index (χ3n) is 4.34. The zero-order valence-corrected chi connectivity index (χ0v) is 14.0. The first-order valence-corrected chi connectivity index (χ1v) is 8.61. The number of aromatic nitrogens is 2. The van der Waals surface area contributed by atoms with Crippen molar-refractivity contribution in [2.45, 2.75) is 25.9 Å². The lowest BCUT2D eigenvalue weighted by Crippen LogP contribution is -2.48. The van der Waals surface area contributed by atoms with Crippen molar-refractivity contribution in [2.75, 3.05) is 20.1 Å². The fourth-order valence-electron chi connectivity index (χ4n) is 3.01. The molecular weight excluding hydrogens is 294 g/mol. The number of guanidine groups is 1. The molecule has 2 atom stereocenters. The van der Waals surface area contributed by atoms with Gasteiger partial charge in [0, 0.05) is 37.4 Å². The van der Waals surface area contributed by atoms with Gasteiger partial charge in [0.15, 0.2) is 5.96 Å². The minimum absolute atomic E-state index is 0.455. The molecule has 0 saturated carbocycles. The zero-order valence-electron chi connectivity index (χ0n) is 13.1. The summed E-state index contributed by atoms with van der Waals surface area (Å²) in [6.45, 7) is 5.19. The Morgan fingerprint density at radius 1 is 1.55 bits per heavy atom. The van der Waals surface area contributed by atoms with Crippen molar-refractivity contribution in [3.63, 3.8) is 0 Å². The highest BCUT2D eigenvalue weighted by atomic mass is 32.1. The lowest BCUT2D eigenvalue weighted by atomic mass is 9.93. The van der Waals surface area contributed by atoms with E-state index in [0.29, 0.717) is 12.0 Å². The fourth-order valence-corrected chi connectivity index (χ4v) is 3.65. The molecule has 1 saturated heterocycles. The predicted molar refractivity (Wildman–Crippen MR) is 91.1 cm³/mol. The highest BCUT2D eigenvalue weighted by Crippen LogP contribution is 2.27. The Morgan fingerprint density at radius 2 is 2.45 bits per heavy atom. The van der Waals surface area contributed by atoms with E-state index in [-0.39, 0.29) is 0 Å². The number of piperidine rings is 1.